The van der Waals surface area contributed by atoms with Gasteiger partial charge >= 0.3 is 11.9 Å². The molecule has 2 bridgehead atoms. The number of carbonyl (C=O) groups excluding carboxylic acids is 4. The maximum atomic E-state index is 13.3. The normalized spacial score (nSPS) is 30.1. The van der Waals surface area contributed by atoms with Gasteiger partial charge in [0.1, 0.15) is 0 Å². The largest absolute Gasteiger partial charge is 0.422 e. The van der Waals surface area contributed by atoms with Crippen molar-refractivity contribution >= 4 is 29.4 Å². The van der Waals surface area contributed by atoms with E-state index in [1.807, 2.05) is 19.1 Å². The Morgan fingerprint density at radius 1 is 1.11 bits per heavy atom. The molecule has 0 aliphatic carbocycles. The summed E-state index contributed by atoms with van der Waals surface area (Å²) in [5.41, 5.74) is -0.259. The average molecular weight is 385 g/mol. The maximum Gasteiger partial charge on any atom is 0.305 e. The Hall–Kier alpha value is -3.00. The van der Waals surface area contributed by atoms with Crippen LogP contribution in [0.3, 0.4) is 0 Å². The molecule has 0 saturated carbocycles. The Labute approximate surface area is 161 Å². The molecule has 2 fully saturated rings. The van der Waals surface area contributed by atoms with Crippen LogP contribution in [0.1, 0.15) is 19.4 Å². The Kier molecular flexibility index (Phi) is 4.11. The van der Waals surface area contributed by atoms with Gasteiger partial charge in [-0.05, 0) is 24.6 Å². The number of hydrogen-bond acceptors (Lipinski definition) is 7. The molecule has 0 aromatic heterocycles. The van der Waals surface area contributed by atoms with E-state index in [0.29, 0.717) is 5.69 Å². The molecule has 0 spiro atoms. The van der Waals surface area contributed by atoms with E-state index in [0.717, 1.165) is 24.3 Å². The van der Waals surface area contributed by atoms with Crippen molar-refractivity contribution in [2.45, 2.75) is 38.8 Å². The number of ether oxygens (including phenoxy) is 3. The number of nitrogens with zero attached hydrogens (tertiary/aromatic N) is 1. The highest BCUT2D eigenvalue weighted by atomic mass is 16.7. The molecule has 0 N–H and O–H groups in total. The van der Waals surface area contributed by atoms with Crippen molar-refractivity contribution in [2.75, 3.05) is 4.90 Å². The molecule has 2 amide bonds. The first kappa shape index (κ1) is 18.4. The van der Waals surface area contributed by atoms with Gasteiger partial charge in [0.2, 0.25) is 11.8 Å². The van der Waals surface area contributed by atoms with Crippen LogP contribution in [0.5, 0.6) is 0 Å². The summed E-state index contributed by atoms with van der Waals surface area (Å²) in [6.07, 6.45) is 1.08. The first-order valence-electron chi connectivity index (χ1n) is 8.91. The van der Waals surface area contributed by atoms with Crippen LogP contribution in [0.15, 0.2) is 36.4 Å². The molecule has 28 heavy (non-hydrogen) atoms. The zero-order valence-electron chi connectivity index (χ0n) is 15.6. The Balaban J connectivity index is 1.77. The lowest BCUT2D eigenvalue weighted by Gasteiger charge is -2.34. The number of amides is 2. The van der Waals surface area contributed by atoms with Crippen LogP contribution < -0.4 is 4.90 Å². The van der Waals surface area contributed by atoms with Crippen molar-refractivity contribution in [3.05, 3.63) is 42.0 Å². The highest BCUT2D eigenvalue weighted by Gasteiger charge is 2.72. The van der Waals surface area contributed by atoms with E-state index in [2.05, 4.69) is 0 Å². The Morgan fingerprint density at radius 3 is 2.36 bits per heavy atom. The first-order valence-corrected chi connectivity index (χ1v) is 8.91. The highest BCUT2D eigenvalue weighted by molar-refractivity contribution is 6.23. The molecule has 4 unspecified atom stereocenters. The number of hydrogen-bond donors (Lipinski definition) is 0. The second kappa shape index (κ2) is 6.27. The minimum absolute atomic E-state index is 0.384. The molecule has 8 nitrogen and oxygen atoms in total. The zero-order chi connectivity index (χ0) is 20.2. The molecule has 3 aliphatic rings. The average Bonchev–Trinajstić information content (AvgIpc) is 3.26. The van der Waals surface area contributed by atoms with E-state index in [4.69, 9.17) is 14.2 Å². The molecule has 4 rings (SSSR count). The topological polar surface area (TPSA) is 99.2 Å². The van der Waals surface area contributed by atoms with Gasteiger partial charge in [-0.1, -0.05) is 24.3 Å². The fourth-order valence-electron chi connectivity index (χ4n) is 4.27. The number of benzene rings is 1. The molecule has 1 aromatic rings. The standard InChI is InChI=1S/C20H19NO7/c1-10-6-4-5-7-13(10)21-17(24)15-14-8-9-20(28-14,16(15)18(21)25)19(26-11(2)22)27-12(3)23/h4-9,14-16,19H,1-3H3. The summed E-state index contributed by atoms with van der Waals surface area (Å²) in [7, 11) is 0. The lowest BCUT2D eigenvalue weighted by molar-refractivity contribution is -0.226. The third-order valence-corrected chi connectivity index (χ3v) is 5.35. The van der Waals surface area contributed by atoms with Gasteiger partial charge in [-0.3, -0.25) is 19.2 Å². The summed E-state index contributed by atoms with van der Waals surface area (Å²) in [5.74, 6) is -3.98. The summed E-state index contributed by atoms with van der Waals surface area (Å²) >= 11 is 0. The van der Waals surface area contributed by atoms with Crippen LogP contribution in [0, 0.1) is 18.8 Å². The van der Waals surface area contributed by atoms with Gasteiger partial charge in [0.15, 0.2) is 5.60 Å². The van der Waals surface area contributed by atoms with E-state index in [9.17, 15) is 19.2 Å². The van der Waals surface area contributed by atoms with Crippen molar-refractivity contribution in [1.82, 2.24) is 0 Å². The number of rotatable bonds is 4. The number of aryl methyl sites for hydroxylation is 1. The molecule has 3 aliphatic heterocycles. The predicted molar refractivity (Wildman–Crippen MR) is 94.7 cm³/mol. The second-order valence-corrected chi connectivity index (χ2v) is 7.15. The molecule has 146 valence electrons. The van der Waals surface area contributed by atoms with Crippen molar-refractivity contribution in [3.8, 4) is 0 Å². The smallest absolute Gasteiger partial charge is 0.305 e. The summed E-state index contributed by atoms with van der Waals surface area (Å²) in [5, 5.41) is 0. The summed E-state index contributed by atoms with van der Waals surface area (Å²) in [6, 6.07) is 7.07. The maximum absolute atomic E-state index is 13.3. The molecular weight excluding hydrogens is 366 g/mol. The molecule has 2 saturated heterocycles. The Bertz CT molecular complexity index is 907. The van der Waals surface area contributed by atoms with Crippen LogP contribution >= 0.6 is 0 Å². The monoisotopic (exact) mass is 385 g/mol. The number of para-hydroxylation sites is 1. The van der Waals surface area contributed by atoms with Crippen molar-refractivity contribution < 1.29 is 33.4 Å². The zero-order valence-corrected chi connectivity index (χ0v) is 15.6. The van der Waals surface area contributed by atoms with E-state index >= 15 is 0 Å². The number of fused-ring (bicyclic) bond motifs is 5. The Morgan fingerprint density at radius 2 is 1.75 bits per heavy atom. The fourth-order valence-corrected chi connectivity index (χ4v) is 4.27. The van der Waals surface area contributed by atoms with Gasteiger partial charge < -0.3 is 14.2 Å². The van der Waals surface area contributed by atoms with Crippen LogP contribution in [-0.4, -0.2) is 41.7 Å². The van der Waals surface area contributed by atoms with E-state index in [-0.39, 0.29) is 5.91 Å². The van der Waals surface area contributed by atoms with Crippen LogP contribution in [0.25, 0.3) is 0 Å². The number of imide groups is 1. The fraction of sp³-hybridized carbons (Fsp3) is 0.400. The van der Waals surface area contributed by atoms with E-state index in [1.165, 1.54) is 0 Å². The van der Waals surface area contributed by atoms with Gasteiger partial charge in [-0.15, -0.1) is 0 Å². The molecule has 4 atom stereocenters. The lowest BCUT2D eigenvalue weighted by Crippen LogP contribution is -2.52. The summed E-state index contributed by atoms with van der Waals surface area (Å²) < 4.78 is 16.3. The number of carbonyl (C=O) groups is 4. The quantitative estimate of drug-likeness (QED) is 0.333. The van der Waals surface area contributed by atoms with Crippen molar-refractivity contribution in [2.24, 2.45) is 11.8 Å². The predicted octanol–water partition coefficient (Wildman–Crippen LogP) is 1.26. The molecule has 8 heteroatoms. The van der Waals surface area contributed by atoms with Crippen LogP contribution in [-0.2, 0) is 33.4 Å². The SMILES string of the molecule is CC(=O)OC(OC(C)=O)C12C=CC(O1)C1C(=O)N(c3ccccc3C)C(=O)C12. The second-order valence-electron chi connectivity index (χ2n) is 7.15. The number of anilines is 1. The van der Waals surface area contributed by atoms with Crippen molar-refractivity contribution in [1.29, 1.82) is 0 Å². The number of esters is 2. The molecule has 3 heterocycles. The minimum Gasteiger partial charge on any atom is -0.422 e. The van der Waals surface area contributed by atoms with Gasteiger partial charge in [-0.25, -0.2) is 4.90 Å². The van der Waals surface area contributed by atoms with Gasteiger partial charge in [-0.2, -0.15) is 0 Å². The lowest BCUT2D eigenvalue weighted by atomic mass is 9.76. The van der Waals surface area contributed by atoms with E-state index < -0.39 is 47.7 Å². The van der Waals surface area contributed by atoms with Gasteiger partial charge in [0.05, 0.1) is 23.6 Å². The van der Waals surface area contributed by atoms with Gasteiger partial charge in [0, 0.05) is 13.8 Å². The van der Waals surface area contributed by atoms with E-state index in [1.54, 1.807) is 24.3 Å². The third kappa shape index (κ3) is 2.48. The van der Waals surface area contributed by atoms with Gasteiger partial charge in [0.25, 0.3) is 6.29 Å². The summed E-state index contributed by atoms with van der Waals surface area (Å²) in [6.45, 7) is 4.14. The van der Waals surface area contributed by atoms with Crippen LogP contribution in [0.4, 0.5) is 5.69 Å². The van der Waals surface area contributed by atoms with Crippen molar-refractivity contribution in [3.63, 3.8) is 0 Å². The van der Waals surface area contributed by atoms with Crippen LogP contribution in [0.2, 0.25) is 0 Å². The molecule has 0 radical (unpaired) electrons. The molecule has 1 aromatic carbocycles. The summed E-state index contributed by atoms with van der Waals surface area (Å²) in [4.78, 5) is 50.8. The first-order chi connectivity index (χ1) is 13.3. The minimum atomic E-state index is -1.53. The molecular formula is C20H19NO7. The highest BCUT2D eigenvalue weighted by Crippen LogP contribution is 2.54. The third-order valence-electron chi connectivity index (χ3n) is 5.35.